The SMILES string of the molecule is CC(C)(C)OC(=O)N(C(=O)OC(C)(C)C)c1nccc(Cc2cncc(Oc3cccc(Cl)c3F)c2)c1F. The number of hydrogen-bond donors (Lipinski definition) is 0. The fraction of sp³-hybridized carbons (Fsp3) is 0.333. The second kappa shape index (κ2) is 11.3. The summed E-state index contributed by atoms with van der Waals surface area (Å²) in [4.78, 5) is 34.2. The Balaban J connectivity index is 1.93. The van der Waals surface area contributed by atoms with Gasteiger partial charge in [0.15, 0.2) is 23.2 Å². The van der Waals surface area contributed by atoms with E-state index in [4.69, 9.17) is 25.8 Å². The monoisotopic (exact) mass is 547 g/mol. The van der Waals surface area contributed by atoms with Crippen LogP contribution in [0.4, 0.5) is 24.2 Å². The van der Waals surface area contributed by atoms with Crippen LogP contribution in [0.25, 0.3) is 0 Å². The molecule has 0 spiro atoms. The summed E-state index contributed by atoms with van der Waals surface area (Å²) < 4.78 is 46.1. The molecule has 2 aromatic heterocycles. The first-order valence-electron chi connectivity index (χ1n) is 11.6. The van der Waals surface area contributed by atoms with E-state index in [1.807, 2.05) is 0 Å². The summed E-state index contributed by atoms with van der Waals surface area (Å²) in [5, 5.41) is -0.0995. The molecule has 0 unspecified atom stereocenters. The van der Waals surface area contributed by atoms with E-state index in [1.165, 1.54) is 42.9 Å². The summed E-state index contributed by atoms with van der Waals surface area (Å²) in [6.07, 6.45) is 1.79. The summed E-state index contributed by atoms with van der Waals surface area (Å²) in [6, 6.07) is 7.27. The average molecular weight is 548 g/mol. The first-order chi connectivity index (χ1) is 17.6. The molecular weight excluding hydrogens is 520 g/mol. The lowest BCUT2D eigenvalue weighted by Crippen LogP contribution is -2.44. The minimum atomic E-state index is -1.14. The van der Waals surface area contributed by atoms with E-state index in [0.29, 0.717) is 10.5 Å². The van der Waals surface area contributed by atoms with Gasteiger partial charge in [0, 0.05) is 18.8 Å². The summed E-state index contributed by atoms with van der Waals surface area (Å²) in [6.45, 7) is 9.64. The van der Waals surface area contributed by atoms with Gasteiger partial charge in [0.05, 0.1) is 11.2 Å². The largest absolute Gasteiger partial charge is 0.453 e. The second-order valence-corrected chi connectivity index (χ2v) is 10.7. The molecule has 3 rings (SSSR count). The van der Waals surface area contributed by atoms with E-state index >= 15 is 4.39 Å². The van der Waals surface area contributed by atoms with Crippen LogP contribution in [0.3, 0.4) is 0 Å². The number of carbonyl (C=O) groups is 2. The number of anilines is 1. The Morgan fingerprint density at radius 1 is 0.947 bits per heavy atom. The van der Waals surface area contributed by atoms with Crippen LogP contribution < -0.4 is 9.64 Å². The van der Waals surface area contributed by atoms with Gasteiger partial charge in [0.2, 0.25) is 0 Å². The maximum atomic E-state index is 15.7. The Hall–Kier alpha value is -3.79. The molecule has 38 heavy (non-hydrogen) atoms. The van der Waals surface area contributed by atoms with Gasteiger partial charge in [-0.15, -0.1) is 0 Å². The highest BCUT2D eigenvalue weighted by atomic mass is 35.5. The van der Waals surface area contributed by atoms with Gasteiger partial charge in [-0.25, -0.2) is 23.4 Å². The third-order valence-corrected chi connectivity index (χ3v) is 4.91. The zero-order chi connectivity index (χ0) is 28.3. The van der Waals surface area contributed by atoms with Crippen molar-refractivity contribution in [2.45, 2.75) is 59.2 Å². The van der Waals surface area contributed by atoms with Crippen molar-refractivity contribution in [1.29, 1.82) is 0 Å². The molecule has 202 valence electrons. The Bertz CT molecular complexity index is 1310. The molecule has 0 fully saturated rings. The lowest BCUT2D eigenvalue weighted by molar-refractivity contribution is 0.0427. The predicted molar refractivity (Wildman–Crippen MR) is 138 cm³/mol. The Morgan fingerprint density at radius 3 is 2.18 bits per heavy atom. The number of pyridine rings is 2. The quantitative estimate of drug-likeness (QED) is 0.327. The Morgan fingerprint density at radius 2 is 1.58 bits per heavy atom. The number of imide groups is 1. The molecule has 11 heteroatoms. The van der Waals surface area contributed by atoms with Crippen molar-refractivity contribution in [3.05, 3.63) is 76.7 Å². The molecule has 0 N–H and O–H groups in total. The summed E-state index contributed by atoms with van der Waals surface area (Å²) in [7, 11) is 0. The van der Waals surface area contributed by atoms with Crippen LogP contribution in [0.15, 0.2) is 48.9 Å². The van der Waals surface area contributed by atoms with Crippen molar-refractivity contribution in [1.82, 2.24) is 9.97 Å². The molecule has 2 amide bonds. The van der Waals surface area contributed by atoms with Crippen LogP contribution in [0, 0.1) is 11.6 Å². The van der Waals surface area contributed by atoms with Gasteiger partial charge >= 0.3 is 12.2 Å². The fourth-order valence-electron chi connectivity index (χ4n) is 3.15. The van der Waals surface area contributed by atoms with Crippen molar-refractivity contribution >= 4 is 29.6 Å². The molecule has 0 aliphatic carbocycles. The molecule has 0 atom stereocenters. The first kappa shape index (κ1) is 28.8. The maximum absolute atomic E-state index is 15.7. The molecule has 8 nitrogen and oxygen atoms in total. The Labute approximate surface area is 224 Å². The molecule has 0 radical (unpaired) electrons. The highest BCUT2D eigenvalue weighted by Gasteiger charge is 2.36. The number of halogens is 3. The number of carbonyl (C=O) groups excluding carboxylic acids is 2. The first-order valence-corrected chi connectivity index (χ1v) is 12.0. The maximum Gasteiger partial charge on any atom is 0.425 e. The van der Waals surface area contributed by atoms with Gasteiger partial charge in [0.25, 0.3) is 0 Å². The molecule has 2 heterocycles. The normalized spacial score (nSPS) is 11.6. The molecule has 0 bridgehead atoms. The van der Waals surface area contributed by atoms with E-state index in [0.717, 1.165) is 0 Å². The van der Waals surface area contributed by atoms with Crippen LogP contribution in [-0.4, -0.2) is 33.4 Å². The van der Waals surface area contributed by atoms with Crippen molar-refractivity contribution < 1.29 is 32.6 Å². The molecule has 0 saturated heterocycles. The van der Waals surface area contributed by atoms with E-state index in [2.05, 4.69) is 9.97 Å². The van der Waals surface area contributed by atoms with Gasteiger partial charge in [0.1, 0.15) is 17.0 Å². The average Bonchev–Trinajstić information content (AvgIpc) is 2.77. The highest BCUT2D eigenvalue weighted by Crippen LogP contribution is 2.30. The van der Waals surface area contributed by atoms with Gasteiger partial charge in [-0.2, -0.15) is 4.90 Å². The molecule has 0 aliphatic heterocycles. The van der Waals surface area contributed by atoms with E-state index in [-0.39, 0.29) is 28.5 Å². The van der Waals surface area contributed by atoms with Gasteiger partial charge in [-0.3, -0.25) is 4.98 Å². The molecular formula is C27H28ClF2N3O5. The zero-order valence-corrected chi connectivity index (χ0v) is 22.6. The zero-order valence-electron chi connectivity index (χ0n) is 21.8. The van der Waals surface area contributed by atoms with Crippen LogP contribution in [0.5, 0.6) is 11.5 Å². The van der Waals surface area contributed by atoms with E-state index in [1.54, 1.807) is 47.6 Å². The number of benzene rings is 1. The van der Waals surface area contributed by atoms with Crippen molar-refractivity contribution in [3.8, 4) is 11.5 Å². The van der Waals surface area contributed by atoms with Gasteiger partial charge < -0.3 is 14.2 Å². The minimum absolute atomic E-state index is 0.0138. The lowest BCUT2D eigenvalue weighted by atomic mass is 10.1. The van der Waals surface area contributed by atoms with Crippen molar-refractivity contribution in [2.24, 2.45) is 0 Å². The van der Waals surface area contributed by atoms with Crippen molar-refractivity contribution in [2.75, 3.05) is 4.90 Å². The molecule has 0 aliphatic rings. The van der Waals surface area contributed by atoms with Crippen LogP contribution in [0.2, 0.25) is 5.02 Å². The third kappa shape index (κ3) is 7.61. The smallest absolute Gasteiger partial charge is 0.425 e. The van der Waals surface area contributed by atoms with Crippen LogP contribution in [0.1, 0.15) is 52.7 Å². The summed E-state index contributed by atoms with van der Waals surface area (Å²) in [5.74, 6) is -2.14. The van der Waals surface area contributed by atoms with Crippen molar-refractivity contribution in [3.63, 3.8) is 0 Å². The third-order valence-electron chi connectivity index (χ3n) is 4.62. The van der Waals surface area contributed by atoms with E-state index < -0.39 is 40.8 Å². The number of ether oxygens (including phenoxy) is 3. The molecule has 3 aromatic rings. The fourth-order valence-corrected chi connectivity index (χ4v) is 3.32. The number of rotatable bonds is 5. The number of hydrogen-bond acceptors (Lipinski definition) is 7. The standard InChI is InChI=1S/C27H28ClF2N3O5/c1-26(2,3)37-24(34)33(25(35)38-27(4,5)6)23-21(29)17(10-11-32-23)12-16-13-18(15-31-14-16)36-20-9-7-8-19(28)22(20)30/h7-11,13-15H,12H2,1-6H3. The molecule has 1 aromatic carbocycles. The second-order valence-electron chi connectivity index (χ2n) is 10.3. The molecule has 0 saturated carbocycles. The van der Waals surface area contributed by atoms with Crippen LogP contribution in [-0.2, 0) is 15.9 Å². The van der Waals surface area contributed by atoms with Crippen LogP contribution >= 0.6 is 11.6 Å². The number of nitrogens with zero attached hydrogens (tertiary/aromatic N) is 3. The minimum Gasteiger partial charge on any atom is -0.453 e. The highest BCUT2D eigenvalue weighted by molar-refractivity contribution is 6.30. The predicted octanol–water partition coefficient (Wildman–Crippen LogP) is 7.47. The Kier molecular flexibility index (Phi) is 8.56. The summed E-state index contributed by atoms with van der Waals surface area (Å²) >= 11 is 5.80. The topological polar surface area (TPSA) is 90.9 Å². The van der Waals surface area contributed by atoms with Gasteiger partial charge in [-0.05, 0) is 76.9 Å². The number of amides is 2. The lowest BCUT2D eigenvalue weighted by Gasteiger charge is -2.28. The number of aromatic nitrogens is 2. The summed E-state index contributed by atoms with van der Waals surface area (Å²) in [5.41, 5.74) is -1.35. The van der Waals surface area contributed by atoms with Gasteiger partial charge in [-0.1, -0.05) is 17.7 Å². The van der Waals surface area contributed by atoms with E-state index in [9.17, 15) is 14.0 Å².